The normalized spacial score (nSPS) is 9.33. The minimum absolute atomic E-state index is 0. The van der Waals surface area contributed by atoms with Gasteiger partial charge in [0.05, 0.1) is 0 Å². The molecule has 15 heavy (non-hydrogen) atoms. The molecule has 0 aromatic carbocycles. The van der Waals surface area contributed by atoms with Crippen LogP contribution in [-0.4, -0.2) is 11.1 Å². The Morgan fingerprint density at radius 3 is 2.33 bits per heavy atom. The monoisotopic (exact) mass is 273 g/mol. The number of carboxylic acids is 1. The maximum Gasteiger partial charge on any atom is 0.303 e. The van der Waals surface area contributed by atoms with Crippen molar-refractivity contribution in [2.24, 2.45) is 0 Å². The lowest BCUT2D eigenvalue weighted by Crippen LogP contribution is -3.00. The Bertz CT molecular complexity index is 277. The van der Waals surface area contributed by atoms with E-state index < -0.39 is 5.97 Å². The lowest BCUT2D eigenvalue weighted by molar-refractivity contribution is -0.697. The van der Waals surface area contributed by atoms with Crippen molar-refractivity contribution in [1.29, 1.82) is 0 Å². The van der Waals surface area contributed by atoms with Crippen molar-refractivity contribution < 1.29 is 31.4 Å². The number of unbranched alkanes of at least 4 members (excludes halogenated alkanes) is 2. The van der Waals surface area contributed by atoms with E-state index in [0.29, 0.717) is 6.42 Å². The van der Waals surface area contributed by atoms with Crippen LogP contribution in [0.2, 0.25) is 0 Å². The quantitative estimate of drug-likeness (QED) is 0.513. The summed E-state index contributed by atoms with van der Waals surface area (Å²) in [5.74, 6) is -0.697. The zero-order valence-electron chi connectivity index (χ0n) is 8.60. The molecule has 1 N–H and O–H groups in total. The van der Waals surface area contributed by atoms with Gasteiger partial charge in [-0.15, -0.1) is 0 Å². The molecule has 84 valence electrons. The Morgan fingerprint density at radius 1 is 1.07 bits per heavy atom. The first-order valence-corrected chi connectivity index (χ1v) is 4.95. The molecular weight excluding hydrogens is 258 g/mol. The molecule has 0 atom stereocenters. The third-order valence-electron chi connectivity index (χ3n) is 2.08. The predicted molar refractivity (Wildman–Crippen MR) is 52.7 cm³/mol. The van der Waals surface area contributed by atoms with Gasteiger partial charge in [0.25, 0.3) is 0 Å². The first-order chi connectivity index (χ1) is 6.79. The highest BCUT2D eigenvalue weighted by atomic mass is 79.9. The number of halogens is 1. The van der Waals surface area contributed by atoms with Crippen LogP contribution < -0.4 is 21.5 Å². The summed E-state index contributed by atoms with van der Waals surface area (Å²) in [4.78, 5) is 10.2. The molecule has 0 fully saturated rings. The van der Waals surface area contributed by atoms with Crippen LogP contribution in [0.25, 0.3) is 0 Å². The van der Waals surface area contributed by atoms with Gasteiger partial charge in [-0.25, -0.2) is 4.57 Å². The van der Waals surface area contributed by atoms with E-state index in [1.807, 2.05) is 30.6 Å². The zero-order valence-corrected chi connectivity index (χ0v) is 10.2. The molecule has 0 unspecified atom stereocenters. The van der Waals surface area contributed by atoms with E-state index in [9.17, 15) is 4.79 Å². The topological polar surface area (TPSA) is 41.2 Å². The van der Waals surface area contributed by atoms with Crippen LogP contribution in [0.1, 0.15) is 25.7 Å². The standard InChI is InChI=1S/C11H15NO2.BrH/c13-11(14)7-3-1-4-8-12-9-5-2-6-10-12;/h2,5-6,9-10H,1,3-4,7-8H2;1H. The van der Waals surface area contributed by atoms with Crippen molar-refractivity contribution in [1.82, 2.24) is 0 Å². The van der Waals surface area contributed by atoms with Gasteiger partial charge >= 0.3 is 5.97 Å². The molecule has 1 aromatic rings. The van der Waals surface area contributed by atoms with Crippen molar-refractivity contribution in [3.05, 3.63) is 30.6 Å². The van der Waals surface area contributed by atoms with E-state index in [2.05, 4.69) is 4.57 Å². The molecule has 0 aliphatic heterocycles. The summed E-state index contributed by atoms with van der Waals surface area (Å²) in [5, 5.41) is 8.42. The Morgan fingerprint density at radius 2 is 1.73 bits per heavy atom. The van der Waals surface area contributed by atoms with Crippen LogP contribution in [0.3, 0.4) is 0 Å². The summed E-state index contributed by atoms with van der Waals surface area (Å²) in [7, 11) is 0. The molecular formula is C11H16BrNO2. The Kier molecular flexibility index (Phi) is 7.91. The Labute approximate surface area is 101 Å². The number of pyridine rings is 1. The van der Waals surface area contributed by atoms with E-state index >= 15 is 0 Å². The molecule has 1 aromatic heterocycles. The number of aryl methyl sites for hydroxylation is 1. The molecule has 0 aliphatic rings. The number of carbonyl (C=O) groups is 1. The highest BCUT2D eigenvalue weighted by molar-refractivity contribution is 5.66. The average molecular weight is 274 g/mol. The van der Waals surface area contributed by atoms with Crippen molar-refractivity contribution in [3.8, 4) is 0 Å². The minimum atomic E-state index is -0.697. The van der Waals surface area contributed by atoms with Gasteiger partial charge in [0.15, 0.2) is 12.4 Å². The molecule has 0 amide bonds. The fourth-order valence-electron chi connectivity index (χ4n) is 1.33. The second-order valence-electron chi connectivity index (χ2n) is 3.32. The van der Waals surface area contributed by atoms with Crippen molar-refractivity contribution in [3.63, 3.8) is 0 Å². The van der Waals surface area contributed by atoms with E-state index in [1.165, 1.54) is 0 Å². The summed E-state index contributed by atoms with van der Waals surface area (Å²) >= 11 is 0. The number of carboxylic acid groups (broad SMARTS) is 1. The number of hydrogen-bond donors (Lipinski definition) is 1. The van der Waals surface area contributed by atoms with Crippen LogP contribution in [0.5, 0.6) is 0 Å². The van der Waals surface area contributed by atoms with E-state index in [-0.39, 0.29) is 17.0 Å². The minimum Gasteiger partial charge on any atom is -1.00 e. The zero-order chi connectivity index (χ0) is 10.2. The second kappa shape index (κ2) is 8.41. The van der Waals surface area contributed by atoms with Crippen molar-refractivity contribution in [2.45, 2.75) is 32.2 Å². The molecule has 0 bridgehead atoms. The van der Waals surface area contributed by atoms with Crippen molar-refractivity contribution >= 4 is 5.97 Å². The number of nitrogens with zero attached hydrogens (tertiary/aromatic N) is 1. The SMILES string of the molecule is O=C(O)CCCCC[n+]1ccccc1.[Br-]. The average Bonchev–Trinajstić information content (AvgIpc) is 2.18. The summed E-state index contributed by atoms with van der Waals surface area (Å²) in [6.07, 6.45) is 7.15. The number of rotatable bonds is 6. The third-order valence-corrected chi connectivity index (χ3v) is 2.08. The van der Waals surface area contributed by atoms with Gasteiger partial charge in [0.2, 0.25) is 0 Å². The summed E-state index contributed by atoms with van der Waals surface area (Å²) in [6.45, 7) is 0.973. The second-order valence-corrected chi connectivity index (χ2v) is 3.32. The third kappa shape index (κ3) is 7.08. The van der Waals surface area contributed by atoms with Crippen LogP contribution in [0, 0.1) is 0 Å². The fraction of sp³-hybridized carbons (Fsp3) is 0.455. The molecule has 3 nitrogen and oxygen atoms in total. The highest BCUT2D eigenvalue weighted by Crippen LogP contribution is 1.99. The largest absolute Gasteiger partial charge is 1.00 e. The van der Waals surface area contributed by atoms with Crippen LogP contribution >= 0.6 is 0 Å². The molecule has 0 saturated carbocycles. The first-order valence-electron chi connectivity index (χ1n) is 4.95. The van der Waals surface area contributed by atoms with E-state index in [0.717, 1.165) is 25.8 Å². The lowest BCUT2D eigenvalue weighted by Gasteiger charge is -1.96. The predicted octanol–water partition coefficient (Wildman–Crippen LogP) is -1.38. The molecule has 1 heterocycles. The summed E-state index contributed by atoms with van der Waals surface area (Å²) < 4.78 is 2.11. The van der Waals surface area contributed by atoms with Crippen LogP contribution in [-0.2, 0) is 11.3 Å². The highest BCUT2D eigenvalue weighted by Gasteiger charge is 1.99. The lowest BCUT2D eigenvalue weighted by atomic mass is 10.2. The first kappa shape index (κ1) is 14.1. The van der Waals surface area contributed by atoms with Gasteiger partial charge in [-0.05, 0) is 12.8 Å². The molecule has 0 radical (unpaired) electrons. The van der Waals surface area contributed by atoms with Gasteiger partial charge in [-0.2, -0.15) is 0 Å². The fourth-order valence-corrected chi connectivity index (χ4v) is 1.33. The van der Waals surface area contributed by atoms with Gasteiger partial charge in [0.1, 0.15) is 6.54 Å². The van der Waals surface area contributed by atoms with Gasteiger partial charge in [-0.3, -0.25) is 4.79 Å². The Balaban J connectivity index is 0.00000196. The molecule has 0 saturated heterocycles. The number of aromatic nitrogens is 1. The van der Waals surface area contributed by atoms with Crippen molar-refractivity contribution in [2.75, 3.05) is 0 Å². The van der Waals surface area contributed by atoms with Crippen LogP contribution in [0.4, 0.5) is 0 Å². The van der Waals surface area contributed by atoms with E-state index in [4.69, 9.17) is 5.11 Å². The van der Waals surface area contributed by atoms with Gasteiger partial charge in [-0.1, -0.05) is 6.07 Å². The smallest absolute Gasteiger partial charge is 0.303 e. The van der Waals surface area contributed by atoms with Gasteiger partial charge in [0, 0.05) is 25.0 Å². The van der Waals surface area contributed by atoms with Gasteiger partial charge < -0.3 is 22.1 Å². The molecule has 0 aliphatic carbocycles. The number of aliphatic carboxylic acids is 1. The Hall–Kier alpha value is -0.900. The summed E-state index contributed by atoms with van der Waals surface area (Å²) in [6, 6.07) is 5.98. The maximum absolute atomic E-state index is 10.2. The molecule has 4 heteroatoms. The molecule has 0 spiro atoms. The summed E-state index contributed by atoms with van der Waals surface area (Å²) in [5.41, 5.74) is 0. The van der Waals surface area contributed by atoms with Crippen LogP contribution in [0.15, 0.2) is 30.6 Å². The van der Waals surface area contributed by atoms with E-state index in [1.54, 1.807) is 0 Å². The number of hydrogen-bond acceptors (Lipinski definition) is 1. The molecule has 1 rings (SSSR count). The maximum atomic E-state index is 10.2.